The molecule has 0 radical (unpaired) electrons. The summed E-state index contributed by atoms with van der Waals surface area (Å²) in [6, 6.07) is 7.98. The Morgan fingerprint density at radius 1 is 1.23 bits per heavy atom. The monoisotopic (exact) mass is 293 g/mol. The van der Waals surface area contributed by atoms with Crippen LogP contribution >= 0.6 is 0 Å². The first-order valence-corrected chi connectivity index (χ1v) is 7.20. The van der Waals surface area contributed by atoms with Crippen LogP contribution in [0.15, 0.2) is 36.7 Å². The standard InChI is InChI=1S/C16H15N5O/c17-11-5-10(7-18-8-11)9-1-4-14-13(6-9)15(21-20-14)16(22)19-12-2-3-12/h1,4-8,12H,2-3,17H2,(H,19,22)(H,20,21). The Kier molecular flexibility index (Phi) is 2.82. The lowest BCUT2D eigenvalue weighted by molar-refractivity contribution is 0.0947. The summed E-state index contributed by atoms with van der Waals surface area (Å²) in [6.07, 6.45) is 5.46. The van der Waals surface area contributed by atoms with E-state index in [-0.39, 0.29) is 5.91 Å². The number of anilines is 1. The molecule has 1 aromatic carbocycles. The van der Waals surface area contributed by atoms with Gasteiger partial charge in [-0.25, -0.2) is 0 Å². The third-order valence-corrected chi connectivity index (χ3v) is 3.78. The van der Waals surface area contributed by atoms with Crippen molar-refractivity contribution in [3.63, 3.8) is 0 Å². The zero-order valence-electron chi connectivity index (χ0n) is 11.8. The second-order valence-corrected chi connectivity index (χ2v) is 5.59. The predicted octanol–water partition coefficient (Wildman–Crippen LogP) is 2.10. The van der Waals surface area contributed by atoms with Gasteiger partial charge in [0.15, 0.2) is 5.69 Å². The van der Waals surface area contributed by atoms with E-state index < -0.39 is 0 Å². The second kappa shape index (κ2) is 4.84. The minimum Gasteiger partial charge on any atom is -0.397 e. The molecule has 22 heavy (non-hydrogen) atoms. The Labute approximate surface area is 126 Å². The number of benzene rings is 1. The van der Waals surface area contributed by atoms with E-state index in [1.165, 1.54) is 0 Å². The molecule has 1 saturated carbocycles. The van der Waals surface area contributed by atoms with Gasteiger partial charge in [-0.05, 0) is 36.6 Å². The van der Waals surface area contributed by atoms with Crippen LogP contribution in [0.1, 0.15) is 23.3 Å². The molecule has 110 valence electrons. The van der Waals surface area contributed by atoms with Gasteiger partial charge in [-0.15, -0.1) is 0 Å². The number of carbonyl (C=O) groups excluding carboxylic acids is 1. The molecule has 1 amide bonds. The van der Waals surface area contributed by atoms with Crippen LogP contribution in [0.25, 0.3) is 22.0 Å². The van der Waals surface area contributed by atoms with Gasteiger partial charge in [0.2, 0.25) is 0 Å². The van der Waals surface area contributed by atoms with Crippen LogP contribution in [-0.4, -0.2) is 27.1 Å². The molecule has 0 aliphatic heterocycles. The lowest BCUT2D eigenvalue weighted by Crippen LogP contribution is -2.25. The first-order chi connectivity index (χ1) is 10.7. The van der Waals surface area contributed by atoms with E-state index in [1.807, 2.05) is 24.3 Å². The van der Waals surface area contributed by atoms with Gasteiger partial charge in [-0.1, -0.05) is 6.07 Å². The maximum absolute atomic E-state index is 12.2. The number of amides is 1. The number of nitrogen functional groups attached to an aromatic ring is 1. The van der Waals surface area contributed by atoms with Gasteiger partial charge in [0, 0.05) is 29.4 Å². The summed E-state index contributed by atoms with van der Waals surface area (Å²) in [6.45, 7) is 0. The summed E-state index contributed by atoms with van der Waals surface area (Å²) in [5, 5.41) is 10.8. The molecule has 1 fully saturated rings. The zero-order chi connectivity index (χ0) is 15.1. The molecule has 3 aromatic rings. The summed E-state index contributed by atoms with van der Waals surface area (Å²) < 4.78 is 0. The van der Waals surface area contributed by atoms with Crippen LogP contribution in [-0.2, 0) is 0 Å². The van der Waals surface area contributed by atoms with Crippen molar-refractivity contribution in [3.05, 3.63) is 42.4 Å². The van der Waals surface area contributed by atoms with E-state index in [9.17, 15) is 4.79 Å². The number of fused-ring (bicyclic) bond motifs is 1. The van der Waals surface area contributed by atoms with Crippen LogP contribution in [0.4, 0.5) is 5.69 Å². The molecule has 6 heteroatoms. The van der Waals surface area contributed by atoms with Crippen molar-refractivity contribution in [2.75, 3.05) is 5.73 Å². The van der Waals surface area contributed by atoms with E-state index in [0.29, 0.717) is 17.4 Å². The number of rotatable bonds is 3. The summed E-state index contributed by atoms with van der Waals surface area (Å²) in [5.74, 6) is -0.128. The predicted molar refractivity (Wildman–Crippen MR) is 84.2 cm³/mol. The van der Waals surface area contributed by atoms with Crippen molar-refractivity contribution in [2.24, 2.45) is 0 Å². The molecule has 4 rings (SSSR count). The maximum Gasteiger partial charge on any atom is 0.272 e. The topological polar surface area (TPSA) is 96.7 Å². The Morgan fingerprint density at radius 3 is 2.86 bits per heavy atom. The molecule has 2 aromatic heterocycles. The van der Waals surface area contributed by atoms with Crippen LogP contribution in [0.5, 0.6) is 0 Å². The first kappa shape index (κ1) is 12.8. The molecule has 0 spiro atoms. The number of nitrogens with zero attached hydrogens (tertiary/aromatic N) is 2. The van der Waals surface area contributed by atoms with Gasteiger partial charge in [0.1, 0.15) is 0 Å². The van der Waals surface area contributed by atoms with Gasteiger partial charge in [-0.2, -0.15) is 5.10 Å². The first-order valence-electron chi connectivity index (χ1n) is 7.20. The highest BCUT2D eigenvalue weighted by atomic mass is 16.2. The van der Waals surface area contributed by atoms with Gasteiger partial charge in [0.05, 0.1) is 11.2 Å². The SMILES string of the molecule is Nc1cncc(-c2ccc3[nH]nc(C(=O)NC4CC4)c3c2)c1. The van der Waals surface area contributed by atoms with Gasteiger partial charge < -0.3 is 11.1 Å². The van der Waals surface area contributed by atoms with E-state index >= 15 is 0 Å². The highest BCUT2D eigenvalue weighted by molar-refractivity contribution is 6.05. The average molecular weight is 293 g/mol. The molecule has 2 heterocycles. The number of nitrogens with one attached hydrogen (secondary N) is 2. The van der Waals surface area contributed by atoms with E-state index in [0.717, 1.165) is 34.9 Å². The number of pyridine rings is 1. The third kappa shape index (κ3) is 2.28. The minimum absolute atomic E-state index is 0.128. The Hall–Kier alpha value is -2.89. The Morgan fingerprint density at radius 2 is 2.09 bits per heavy atom. The quantitative estimate of drug-likeness (QED) is 0.689. The lowest BCUT2D eigenvalue weighted by Gasteiger charge is -2.04. The Balaban J connectivity index is 1.77. The van der Waals surface area contributed by atoms with Crippen LogP contribution in [0, 0.1) is 0 Å². The maximum atomic E-state index is 12.2. The summed E-state index contributed by atoms with van der Waals surface area (Å²) >= 11 is 0. The van der Waals surface area contributed by atoms with E-state index in [4.69, 9.17) is 5.73 Å². The smallest absolute Gasteiger partial charge is 0.272 e. The third-order valence-electron chi connectivity index (χ3n) is 3.78. The fourth-order valence-electron chi connectivity index (χ4n) is 2.46. The van der Waals surface area contributed by atoms with E-state index in [1.54, 1.807) is 12.4 Å². The van der Waals surface area contributed by atoms with Crippen LogP contribution in [0.3, 0.4) is 0 Å². The number of H-pyrrole nitrogens is 1. The van der Waals surface area contributed by atoms with Crippen molar-refractivity contribution in [2.45, 2.75) is 18.9 Å². The number of nitrogens with two attached hydrogens (primary N) is 1. The average Bonchev–Trinajstić information content (AvgIpc) is 3.23. The zero-order valence-corrected chi connectivity index (χ0v) is 11.8. The highest BCUT2D eigenvalue weighted by Gasteiger charge is 2.25. The molecule has 0 unspecified atom stereocenters. The molecule has 4 N–H and O–H groups in total. The van der Waals surface area contributed by atoms with Crippen molar-refractivity contribution < 1.29 is 4.79 Å². The molecule has 1 aliphatic rings. The molecule has 1 aliphatic carbocycles. The second-order valence-electron chi connectivity index (χ2n) is 5.59. The van der Waals surface area contributed by atoms with Gasteiger partial charge >= 0.3 is 0 Å². The minimum atomic E-state index is -0.128. The fourth-order valence-corrected chi connectivity index (χ4v) is 2.46. The van der Waals surface area contributed by atoms with E-state index in [2.05, 4.69) is 20.5 Å². The summed E-state index contributed by atoms with van der Waals surface area (Å²) in [5.41, 5.74) is 9.52. The van der Waals surface area contributed by atoms with Gasteiger partial charge in [0.25, 0.3) is 5.91 Å². The number of aromatic amines is 1. The number of hydrogen-bond acceptors (Lipinski definition) is 4. The Bertz CT molecular complexity index is 866. The normalized spacial score (nSPS) is 14.2. The lowest BCUT2D eigenvalue weighted by atomic mass is 10.0. The number of aromatic nitrogens is 3. The summed E-state index contributed by atoms with van der Waals surface area (Å²) in [4.78, 5) is 16.4. The van der Waals surface area contributed by atoms with Crippen molar-refractivity contribution in [3.8, 4) is 11.1 Å². The molecule has 6 nitrogen and oxygen atoms in total. The fraction of sp³-hybridized carbons (Fsp3) is 0.188. The number of hydrogen-bond donors (Lipinski definition) is 3. The largest absolute Gasteiger partial charge is 0.397 e. The highest BCUT2D eigenvalue weighted by Crippen LogP contribution is 2.26. The van der Waals surface area contributed by atoms with Crippen LogP contribution < -0.4 is 11.1 Å². The summed E-state index contributed by atoms with van der Waals surface area (Å²) in [7, 11) is 0. The molecule has 0 atom stereocenters. The molecule has 0 bridgehead atoms. The number of carbonyl (C=O) groups is 1. The molecule has 0 saturated heterocycles. The van der Waals surface area contributed by atoms with Crippen molar-refractivity contribution >= 4 is 22.5 Å². The van der Waals surface area contributed by atoms with Crippen molar-refractivity contribution in [1.82, 2.24) is 20.5 Å². The van der Waals surface area contributed by atoms with Crippen molar-refractivity contribution in [1.29, 1.82) is 0 Å². The molecular weight excluding hydrogens is 278 g/mol. The molecular formula is C16H15N5O. The van der Waals surface area contributed by atoms with Gasteiger partial charge in [-0.3, -0.25) is 14.9 Å². The van der Waals surface area contributed by atoms with Crippen LogP contribution in [0.2, 0.25) is 0 Å².